The van der Waals surface area contributed by atoms with Crippen molar-refractivity contribution in [2.75, 3.05) is 0 Å². The molecule has 3 rings (SSSR count). The Bertz CT molecular complexity index is 694. The fourth-order valence-corrected chi connectivity index (χ4v) is 2.68. The lowest BCUT2D eigenvalue weighted by molar-refractivity contribution is -0.124. The van der Waals surface area contributed by atoms with Crippen molar-refractivity contribution in [1.29, 1.82) is 0 Å². The summed E-state index contributed by atoms with van der Waals surface area (Å²) in [4.78, 5) is 16.8. The van der Waals surface area contributed by atoms with Crippen LogP contribution in [-0.4, -0.2) is 21.0 Å². The zero-order chi connectivity index (χ0) is 15.2. The summed E-state index contributed by atoms with van der Waals surface area (Å²) in [7, 11) is 0. The Balaban J connectivity index is 0.00000132. The topological polar surface area (TPSA) is 72.9 Å². The lowest BCUT2D eigenvalue weighted by Gasteiger charge is -2.20. The van der Waals surface area contributed by atoms with Gasteiger partial charge < -0.3 is 15.6 Å². The number of nitrogens with two attached hydrogens (primary N) is 1. The minimum Gasteiger partial charge on any atom is -0.345 e. The maximum Gasteiger partial charge on any atom is 0.240 e. The second kappa shape index (κ2) is 7.07. The molecule has 1 aromatic heterocycles. The fraction of sp³-hybridized carbons (Fsp3) is 0.500. The molecule has 7 heteroatoms. The highest BCUT2D eigenvalue weighted by Gasteiger charge is 2.46. The van der Waals surface area contributed by atoms with E-state index in [4.69, 9.17) is 10.7 Å². The average Bonchev–Trinajstić information content (AvgIpc) is 3.06. The van der Waals surface area contributed by atoms with Gasteiger partial charge in [0.1, 0.15) is 5.82 Å². The highest BCUT2D eigenvalue weighted by Crippen LogP contribution is 2.33. The molecule has 0 bridgehead atoms. The number of para-hydroxylation sites is 2. The van der Waals surface area contributed by atoms with Crippen LogP contribution < -0.4 is 11.1 Å². The van der Waals surface area contributed by atoms with Crippen LogP contribution in [0.3, 0.4) is 0 Å². The number of hydrogen-bond donors (Lipinski definition) is 2. The number of aromatic nitrogens is 2. The molecule has 1 saturated carbocycles. The predicted molar refractivity (Wildman–Crippen MR) is 97.3 cm³/mol. The quantitative estimate of drug-likeness (QED) is 0.881. The summed E-state index contributed by atoms with van der Waals surface area (Å²) >= 11 is 0. The third-order valence-electron chi connectivity index (χ3n) is 4.12. The van der Waals surface area contributed by atoms with E-state index in [0.717, 1.165) is 29.7 Å². The van der Waals surface area contributed by atoms with Gasteiger partial charge in [0.25, 0.3) is 0 Å². The zero-order valence-electron chi connectivity index (χ0n) is 13.6. The molecule has 1 heterocycles. The predicted octanol–water partition coefficient (Wildman–Crippen LogP) is 3.13. The van der Waals surface area contributed by atoms with E-state index >= 15 is 0 Å². The van der Waals surface area contributed by atoms with Crippen LogP contribution in [0.2, 0.25) is 0 Å². The third kappa shape index (κ3) is 3.62. The third-order valence-corrected chi connectivity index (χ3v) is 4.12. The molecule has 1 unspecified atom stereocenters. The number of amides is 1. The van der Waals surface area contributed by atoms with E-state index < -0.39 is 5.54 Å². The lowest BCUT2D eigenvalue weighted by atomic mass is 10.2. The van der Waals surface area contributed by atoms with Gasteiger partial charge >= 0.3 is 0 Å². The summed E-state index contributed by atoms with van der Waals surface area (Å²) in [5, 5.41) is 3.01. The highest BCUT2D eigenvalue weighted by atomic mass is 35.5. The van der Waals surface area contributed by atoms with Crippen LogP contribution in [0.15, 0.2) is 24.3 Å². The summed E-state index contributed by atoms with van der Waals surface area (Å²) in [5.74, 6) is 0.807. The van der Waals surface area contributed by atoms with Crippen LogP contribution in [0, 0.1) is 0 Å². The average molecular weight is 359 g/mol. The molecule has 5 nitrogen and oxygen atoms in total. The number of hydrogen-bond acceptors (Lipinski definition) is 3. The number of nitrogens with zero attached hydrogens (tertiary/aromatic N) is 2. The van der Waals surface area contributed by atoms with E-state index in [1.807, 2.05) is 25.1 Å². The molecule has 1 amide bonds. The van der Waals surface area contributed by atoms with Gasteiger partial charge in [-0.3, -0.25) is 4.79 Å². The second-order valence-electron chi connectivity index (χ2n) is 6.27. The molecule has 0 radical (unpaired) electrons. The van der Waals surface area contributed by atoms with Gasteiger partial charge in [-0.2, -0.15) is 0 Å². The molecule has 1 atom stereocenters. The van der Waals surface area contributed by atoms with Crippen molar-refractivity contribution in [1.82, 2.24) is 14.9 Å². The van der Waals surface area contributed by atoms with Crippen molar-refractivity contribution in [2.45, 2.75) is 51.2 Å². The van der Waals surface area contributed by atoms with Crippen LogP contribution in [0.4, 0.5) is 0 Å². The number of fused-ring (bicyclic) bond motifs is 1. The van der Waals surface area contributed by atoms with Gasteiger partial charge in [-0.25, -0.2) is 4.98 Å². The van der Waals surface area contributed by atoms with E-state index in [9.17, 15) is 4.79 Å². The van der Waals surface area contributed by atoms with Gasteiger partial charge in [-0.1, -0.05) is 12.1 Å². The molecule has 3 N–H and O–H groups in total. The minimum absolute atomic E-state index is 0. The summed E-state index contributed by atoms with van der Waals surface area (Å²) in [6.45, 7) is 6.21. The van der Waals surface area contributed by atoms with Gasteiger partial charge in [0.05, 0.1) is 22.6 Å². The molecule has 0 aliphatic heterocycles. The van der Waals surface area contributed by atoms with Crippen LogP contribution in [0.25, 0.3) is 11.0 Å². The summed E-state index contributed by atoms with van der Waals surface area (Å²) in [6.07, 6.45) is 1.54. The highest BCUT2D eigenvalue weighted by molar-refractivity contribution is 5.89. The molecule has 128 valence electrons. The van der Waals surface area contributed by atoms with E-state index in [2.05, 4.69) is 29.8 Å². The molecule has 0 saturated heterocycles. The largest absolute Gasteiger partial charge is 0.345 e. The Hall–Kier alpha value is -1.30. The molecule has 23 heavy (non-hydrogen) atoms. The molecule has 1 fully saturated rings. The van der Waals surface area contributed by atoms with Gasteiger partial charge in [0.2, 0.25) is 5.91 Å². The number of rotatable bonds is 4. The zero-order valence-corrected chi connectivity index (χ0v) is 15.2. The first-order valence-corrected chi connectivity index (χ1v) is 7.49. The van der Waals surface area contributed by atoms with Crippen molar-refractivity contribution in [2.24, 2.45) is 5.73 Å². The molecular formula is C16H24Cl2N4O. The van der Waals surface area contributed by atoms with Gasteiger partial charge in [0.15, 0.2) is 0 Å². The van der Waals surface area contributed by atoms with Crippen LogP contribution in [0.5, 0.6) is 0 Å². The van der Waals surface area contributed by atoms with E-state index in [1.165, 1.54) is 0 Å². The number of benzene rings is 1. The first-order chi connectivity index (χ1) is 9.92. The van der Waals surface area contributed by atoms with Crippen LogP contribution >= 0.6 is 24.8 Å². The van der Waals surface area contributed by atoms with Crippen molar-refractivity contribution < 1.29 is 4.79 Å². The number of halogens is 2. The number of carbonyl (C=O) groups excluding carboxylic acids is 1. The smallest absolute Gasteiger partial charge is 0.240 e. The van der Waals surface area contributed by atoms with Crippen LogP contribution in [0.1, 0.15) is 51.5 Å². The molecule has 0 spiro atoms. The van der Waals surface area contributed by atoms with Crippen molar-refractivity contribution in [3.8, 4) is 0 Å². The molecule has 2 aromatic rings. The number of carbonyl (C=O) groups is 1. The molecule has 1 aromatic carbocycles. The Morgan fingerprint density at radius 3 is 2.43 bits per heavy atom. The number of imidazole rings is 1. The molecular weight excluding hydrogens is 335 g/mol. The monoisotopic (exact) mass is 358 g/mol. The summed E-state index contributed by atoms with van der Waals surface area (Å²) in [5.41, 5.74) is 7.35. The van der Waals surface area contributed by atoms with E-state index in [-0.39, 0.29) is 42.8 Å². The van der Waals surface area contributed by atoms with Gasteiger partial charge in [-0.15, -0.1) is 24.8 Å². The minimum atomic E-state index is -0.650. The SMILES string of the molecule is CC(NC(=O)C1(N)CC1)c1nc2ccccc2n1C(C)C.Cl.Cl. The van der Waals surface area contributed by atoms with Crippen molar-refractivity contribution >= 4 is 41.8 Å². The van der Waals surface area contributed by atoms with E-state index in [1.54, 1.807) is 0 Å². The van der Waals surface area contributed by atoms with Gasteiger partial charge in [-0.05, 0) is 45.7 Å². The Morgan fingerprint density at radius 2 is 1.87 bits per heavy atom. The first kappa shape index (κ1) is 19.7. The first-order valence-electron chi connectivity index (χ1n) is 7.49. The Labute approximate surface area is 148 Å². The van der Waals surface area contributed by atoms with Crippen LogP contribution in [-0.2, 0) is 4.79 Å². The maximum absolute atomic E-state index is 12.1. The van der Waals surface area contributed by atoms with Crippen molar-refractivity contribution in [3.63, 3.8) is 0 Å². The normalized spacial score (nSPS) is 16.4. The number of nitrogens with one attached hydrogen (secondary N) is 1. The Kier molecular flexibility index (Phi) is 6.07. The van der Waals surface area contributed by atoms with E-state index in [0.29, 0.717) is 0 Å². The fourth-order valence-electron chi connectivity index (χ4n) is 2.68. The molecule has 1 aliphatic rings. The summed E-state index contributed by atoms with van der Waals surface area (Å²) in [6, 6.07) is 8.16. The second-order valence-corrected chi connectivity index (χ2v) is 6.27. The maximum atomic E-state index is 12.1. The lowest BCUT2D eigenvalue weighted by Crippen LogP contribution is -2.44. The standard InChI is InChI=1S/C16H22N4O.2ClH/c1-10(2)20-13-7-5-4-6-12(13)19-14(20)11(3)18-15(21)16(17)8-9-16;;/h4-7,10-11H,8-9,17H2,1-3H3,(H,18,21);2*1H. The molecule has 1 aliphatic carbocycles. The van der Waals surface area contributed by atoms with Crippen molar-refractivity contribution in [3.05, 3.63) is 30.1 Å². The Morgan fingerprint density at radius 1 is 1.26 bits per heavy atom. The van der Waals surface area contributed by atoms with Gasteiger partial charge in [0, 0.05) is 6.04 Å². The summed E-state index contributed by atoms with van der Waals surface area (Å²) < 4.78 is 2.18.